The quantitative estimate of drug-likeness (QED) is 0.355. The summed E-state index contributed by atoms with van der Waals surface area (Å²) in [5, 5.41) is 0.912. The third kappa shape index (κ3) is 7.65. The van der Waals surface area contributed by atoms with E-state index < -0.39 is 0 Å². The smallest absolute Gasteiger partial charge is 0.0301 e. The van der Waals surface area contributed by atoms with E-state index in [9.17, 15) is 0 Å². The van der Waals surface area contributed by atoms with Crippen LogP contribution in [0.15, 0.2) is 0 Å². The summed E-state index contributed by atoms with van der Waals surface area (Å²) in [5.74, 6) is 6.87. The van der Waals surface area contributed by atoms with Crippen LogP contribution in [0.3, 0.4) is 0 Å². The van der Waals surface area contributed by atoms with Crippen LogP contribution < -0.4 is 11.3 Å². The lowest BCUT2D eigenvalue weighted by molar-refractivity contribution is 0.491. The Morgan fingerprint density at radius 2 is 1.83 bits per heavy atom. The number of hydrazine groups is 1. The molecular weight excluding hydrogens is 240 g/mol. The van der Waals surface area contributed by atoms with E-state index in [-0.39, 0.29) is 0 Å². The van der Waals surface area contributed by atoms with E-state index in [0.29, 0.717) is 6.04 Å². The van der Waals surface area contributed by atoms with Crippen molar-refractivity contribution in [3.63, 3.8) is 0 Å². The highest BCUT2D eigenvalue weighted by atomic mass is 32.2. The second kappa shape index (κ2) is 11.1. The Hall–Kier alpha value is 0.270. The maximum atomic E-state index is 5.67. The fourth-order valence-electron chi connectivity index (χ4n) is 2.69. The summed E-state index contributed by atoms with van der Waals surface area (Å²) >= 11 is 2.16. The van der Waals surface area contributed by atoms with Crippen LogP contribution in [0.25, 0.3) is 0 Å². The molecule has 1 saturated carbocycles. The lowest BCUT2D eigenvalue weighted by Crippen LogP contribution is -2.37. The van der Waals surface area contributed by atoms with Crippen molar-refractivity contribution in [1.82, 2.24) is 5.43 Å². The number of thioether (sulfide) groups is 1. The van der Waals surface area contributed by atoms with Gasteiger partial charge in [0.1, 0.15) is 0 Å². The molecule has 1 aliphatic rings. The number of hydrogen-bond donors (Lipinski definition) is 2. The highest BCUT2D eigenvalue weighted by molar-refractivity contribution is 7.99. The van der Waals surface area contributed by atoms with Crippen LogP contribution >= 0.6 is 11.8 Å². The molecule has 0 aromatic rings. The average Bonchev–Trinajstić information content (AvgIpc) is 2.43. The van der Waals surface area contributed by atoms with Crippen molar-refractivity contribution in [2.75, 3.05) is 5.75 Å². The largest absolute Gasteiger partial charge is 0.271 e. The van der Waals surface area contributed by atoms with E-state index in [1.165, 1.54) is 76.4 Å². The molecular formula is C15H32N2S. The van der Waals surface area contributed by atoms with Crippen LogP contribution in [0.5, 0.6) is 0 Å². The van der Waals surface area contributed by atoms with Crippen LogP contribution in [-0.4, -0.2) is 17.0 Å². The Balaban J connectivity index is 2.01. The number of nitrogens with two attached hydrogens (primary N) is 1. The Kier molecular flexibility index (Phi) is 10.1. The first kappa shape index (κ1) is 16.3. The number of rotatable bonds is 10. The van der Waals surface area contributed by atoms with Crippen molar-refractivity contribution in [2.24, 2.45) is 5.84 Å². The maximum Gasteiger partial charge on any atom is 0.0301 e. The lowest BCUT2D eigenvalue weighted by atomic mass is 10.0. The van der Waals surface area contributed by atoms with E-state index in [1.54, 1.807) is 0 Å². The fraction of sp³-hybridized carbons (Fsp3) is 1.00. The third-order valence-corrected chi connectivity index (χ3v) is 5.51. The molecule has 0 aromatic carbocycles. The van der Waals surface area contributed by atoms with Gasteiger partial charge in [-0.3, -0.25) is 11.3 Å². The van der Waals surface area contributed by atoms with Gasteiger partial charge in [-0.05, 0) is 19.3 Å². The van der Waals surface area contributed by atoms with Crippen molar-refractivity contribution >= 4 is 11.8 Å². The van der Waals surface area contributed by atoms with E-state index in [0.717, 1.165) is 5.25 Å². The van der Waals surface area contributed by atoms with Gasteiger partial charge in [-0.2, -0.15) is 11.8 Å². The first-order valence-electron chi connectivity index (χ1n) is 7.94. The zero-order chi connectivity index (χ0) is 13.1. The summed E-state index contributed by atoms with van der Waals surface area (Å²) in [5.41, 5.74) is 3.01. The molecule has 0 radical (unpaired) electrons. The van der Waals surface area contributed by atoms with Crippen molar-refractivity contribution in [2.45, 2.75) is 88.8 Å². The molecule has 0 amide bonds. The molecule has 1 unspecified atom stereocenters. The Labute approximate surface area is 118 Å². The van der Waals surface area contributed by atoms with Crippen molar-refractivity contribution in [1.29, 1.82) is 0 Å². The van der Waals surface area contributed by atoms with E-state index >= 15 is 0 Å². The van der Waals surface area contributed by atoms with Crippen LogP contribution in [0, 0.1) is 0 Å². The molecule has 18 heavy (non-hydrogen) atoms. The van der Waals surface area contributed by atoms with Crippen LogP contribution in [0.1, 0.15) is 77.6 Å². The molecule has 0 saturated heterocycles. The third-order valence-electron chi connectivity index (χ3n) is 3.98. The standard InChI is InChI=1S/C15H32N2S/c1-2-3-4-5-7-10-14(17-16)13-18-15-11-8-6-9-12-15/h14-15,17H,2-13,16H2,1H3. The van der Waals surface area contributed by atoms with Crippen molar-refractivity contribution in [3.05, 3.63) is 0 Å². The van der Waals surface area contributed by atoms with Gasteiger partial charge in [0.05, 0.1) is 0 Å². The average molecular weight is 273 g/mol. The molecule has 2 nitrogen and oxygen atoms in total. The molecule has 3 heteroatoms. The summed E-state index contributed by atoms with van der Waals surface area (Å²) in [6.45, 7) is 2.27. The SMILES string of the molecule is CCCCCCCC(CSC1CCCCC1)NN. The van der Waals surface area contributed by atoms with Gasteiger partial charge in [0.2, 0.25) is 0 Å². The highest BCUT2D eigenvalue weighted by Gasteiger charge is 2.15. The van der Waals surface area contributed by atoms with Crippen LogP contribution in [0.4, 0.5) is 0 Å². The second-order valence-corrected chi connectivity index (χ2v) is 6.99. The summed E-state index contributed by atoms with van der Waals surface area (Å²) in [6, 6.07) is 0.526. The molecule has 108 valence electrons. The highest BCUT2D eigenvalue weighted by Crippen LogP contribution is 2.28. The summed E-state index contributed by atoms with van der Waals surface area (Å²) < 4.78 is 0. The number of nitrogens with one attached hydrogen (secondary N) is 1. The van der Waals surface area contributed by atoms with Crippen molar-refractivity contribution < 1.29 is 0 Å². The zero-order valence-corrected chi connectivity index (χ0v) is 12.9. The van der Waals surface area contributed by atoms with Gasteiger partial charge < -0.3 is 0 Å². The first-order chi connectivity index (χ1) is 8.86. The monoisotopic (exact) mass is 272 g/mol. The Morgan fingerprint density at radius 3 is 2.50 bits per heavy atom. The first-order valence-corrected chi connectivity index (χ1v) is 8.99. The maximum absolute atomic E-state index is 5.67. The van der Waals surface area contributed by atoms with E-state index in [4.69, 9.17) is 5.84 Å². The van der Waals surface area contributed by atoms with Gasteiger partial charge in [-0.1, -0.05) is 58.3 Å². The Bertz CT molecular complexity index is 181. The van der Waals surface area contributed by atoms with Crippen LogP contribution in [-0.2, 0) is 0 Å². The Morgan fingerprint density at radius 1 is 1.11 bits per heavy atom. The summed E-state index contributed by atoms with van der Waals surface area (Å²) in [4.78, 5) is 0. The molecule has 1 fully saturated rings. The molecule has 0 aromatic heterocycles. The minimum absolute atomic E-state index is 0.526. The summed E-state index contributed by atoms with van der Waals surface area (Å²) in [7, 11) is 0. The molecule has 1 rings (SSSR count). The molecule has 3 N–H and O–H groups in total. The summed E-state index contributed by atoms with van der Waals surface area (Å²) in [6.07, 6.45) is 15.3. The van der Waals surface area contributed by atoms with E-state index in [2.05, 4.69) is 24.1 Å². The zero-order valence-electron chi connectivity index (χ0n) is 12.1. The van der Waals surface area contributed by atoms with Gasteiger partial charge >= 0.3 is 0 Å². The minimum atomic E-state index is 0.526. The topological polar surface area (TPSA) is 38.0 Å². The minimum Gasteiger partial charge on any atom is -0.271 e. The molecule has 1 atom stereocenters. The van der Waals surface area contributed by atoms with Gasteiger partial charge in [-0.25, -0.2) is 0 Å². The molecule has 0 spiro atoms. The van der Waals surface area contributed by atoms with E-state index in [1.807, 2.05) is 0 Å². The molecule has 0 bridgehead atoms. The predicted octanol–water partition coefficient (Wildman–Crippen LogP) is 4.24. The fourth-order valence-corrected chi connectivity index (χ4v) is 4.13. The van der Waals surface area contributed by atoms with Gasteiger partial charge in [0, 0.05) is 17.0 Å². The molecule has 1 aliphatic carbocycles. The van der Waals surface area contributed by atoms with Crippen molar-refractivity contribution in [3.8, 4) is 0 Å². The van der Waals surface area contributed by atoms with Gasteiger partial charge in [0.25, 0.3) is 0 Å². The predicted molar refractivity (Wildman–Crippen MR) is 83.8 cm³/mol. The normalized spacial score (nSPS) is 19.0. The number of unbranched alkanes of at least 4 members (excludes halogenated alkanes) is 4. The molecule has 0 heterocycles. The van der Waals surface area contributed by atoms with Gasteiger partial charge in [0.15, 0.2) is 0 Å². The lowest BCUT2D eigenvalue weighted by Gasteiger charge is -2.23. The molecule has 0 aliphatic heterocycles. The second-order valence-electron chi connectivity index (χ2n) is 5.66. The number of hydrogen-bond acceptors (Lipinski definition) is 3. The van der Waals surface area contributed by atoms with Crippen LogP contribution in [0.2, 0.25) is 0 Å². The van der Waals surface area contributed by atoms with Gasteiger partial charge in [-0.15, -0.1) is 0 Å².